The Labute approximate surface area is 125 Å². The fourth-order valence-corrected chi connectivity index (χ4v) is 3.31. The summed E-state index contributed by atoms with van der Waals surface area (Å²) in [5, 5.41) is 0. The number of carbonyl (C=O) groups excluding carboxylic acids is 1. The molecule has 0 radical (unpaired) electrons. The lowest BCUT2D eigenvalue weighted by atomic mass is 9.84. The summed E-state index contributed by atoms with van der Waals surface area (Å²) in [6.07, 6.45) is 1.16. The Morgan fingerprint density at radius 3 is 2.52 bits per heavy atom. The molecule has 0 spiro atoms. The molecule has 0 amide bonds. The molecule has 1 heterocycles. The molecule has 0 aromatic heterocycles. The average molecular weight is 295 g/mol. The van der Waals surface area contributed by atoms with E-state index in [9.17, 15) is 13.6 Å². The number of nitrogens with zero attached hydrogens (tertiary/aromatic N) is 1. The molecular weight excluding hydrogens is 272 g/mol. The number of Topliss-reactive ketones (excluding diaryl/α,β-unsaturated/α-hetero) is 1. The first-order valence-corrected chi connectivity index (χ1v) is 7.56. The van der Waals surface area contributed by atoms with Crippen molar-refractivity contribution in [3.63, 3.8) is 0 Å². The molecule has 21 heavy (non-hydrogen) atoms. The van der Waals surface area contributed by atoms with Gasteiger partial charge in [0.15, 0.2) is 17.4 Å². The molecule has 4 unspecified atom stereocenters. The second-order valence-electron chi connectivity index (χ2n) is 6.42. The molecule has 2 rings (SSSR count). The molecule has 1 aromatic rings. The first kappa shape index (κ1) is 16.1. The van der Waals surface area contributed by atoms with E-state index in [4.69, 9.17) is 0 Å². The van der Waals surface area contributed by atoms with Gasteiger partial charge in [-0.2, -0.15) is 0 Å². The lowest BCUT2D eigenvalue weighted by molar-refractivity contribution is 0.0405. The van der Waals surface area contributed by atoms with Crippen molar-refractivity contribution in [1.82, 2.24) is 4.90 Å². The molecule has 0 N–H and O–H groups in total. The Bertz CT molecular complexity index is 532. The highest BCUT2D eigenvalue weighted by atomic mass is 19.2. The quantitative estimate of drug-likeness (QED) is 0.788. The first-order chi connectivity index (χ1) is 9.81. The van der Waals surface area contributed by atoms with E-state index in [1.807, 2.05) is 6.92 Å². The summed E-state index contributed by atoms with van der Waals surface area (Å²) in [6.45, 7) is 9.23. The van der Waals surface area contributed by atoms with E-state index in [1.165, 1.54) is 6.07 Å². The van der Waals surface area contributed by atoms with E-state index < -0.39 is 11.6 Å². The van der Waals surface area contributed by atoms with Gasteiger partial charge in [-0.3, -0.25) is 9.69 Å². The Balaban J connectivity index is 2.19. The maximum atomic E-state index is 13.3. The molecule has 1 aliphatic heterocycles. The SMILES string of the molecule is CC1CC(C)C(C)N(C(C)C(=O)c2ccc(F)c(F)c2)C1. The van der Waals surface area contributed by atoms with Gasteiger partial charge < -0.3 is 0 Å². The average Bonchev–Trinajstić information content (AvgIpc) is 2.44. The predicted molar refractivity (Wildman–Crippen MR) is 79.3 cm³/mol. The van der Waals surface area contributed by atoms with Crippen LogP contribution in [0.25, 0.3) is 0 Å². The van der Waals surface area contributed by atoms with Gasteiger partial charge in [-0.1, -0.05) is 13.8 Å². The number of benzene rings is 1. The fraction of sp³-hybridized carbons (Fsp3) is 0.588. The number of piperidine rings is 1. The molecule has 1 aromatic carbocycles. The highest BCUT2D eigenvalue weighted by Gasteiger charge is 2.34. The molecular formula is C17H23F2NO. The minimum absolute atomic E-state index is 0.151. The second-order valence-corrected chi connectivity index (χ2v) is 6.42. The summed E-state index contributed by atoms with van der Waals surface area (Å²) in [6, 6.07) is 3.36. The van der Waals surface area contributed by atoms with Crippen LogP contribution >= 0.6 is 0 Å². The Kier molecular flexibility index (Phi) is 4.77. The summed E-state index contributed by atoms with van der Waals surface area (Å²) >= 11 is 0. The highest BCUT2D eigenvalue weighted by Crippen LogP contribution is 2.29. The first-order valence-electron chi connectivity index (χ1n) is 7.56. The highest BCUT2D eigenvalue weighted by molar-refractivity contribution is 5.99. The van der Waals surface area contributed by atoms with Gasteiger partial charge in [-0.15, -0.1) is 0 Å². The molecule has 1 aliphatic rings. The third kappa shape index (κ3) is 3.31. The lowest BCUT2D eigenvalue weighted by Gasteiger charge is -2.43. The van der Waals surface area contributed by atoms with Gasteiger partial charge in [0, 0.05) is 18.2 Å². The van der Waals surface area contributed by atoms with Crippen molar-refractivity contribution in [2.75, 3.05) is 6.54 Å². The zero-order valence-electron chi connectivity index (χ0n) is 13.1. The number of likely N-dealkylation sites (tertiary alicyclic amines) is 1. The summed E-state index contributed by atoms with van der Waals surface area (Å²) in [5.74, 6) is -0.985. The monoisotopic (exact) mass is 295 g/mol. The van der Waals surface area contributed by atoms with E-state index in [0.29, 0.717) is 17.9 Å². The van der Waals surface area contributed by atoms with Crippen LogP contribution in [0.3, 0.4) is 0 Å². The molecule has 1 saturated heterocycles. The van der Waals surface area contributed by atoms with Crippen LogP contribution in [0.4, 0.5) is 8.78 Å². The summed E-state index contributed by atoms with van der Waals surface area (Å²) < 4.78 is 26.3. The van der Waals surface area contributed by atoms with Crippen LogP contribution in [0.2, 0.25) is 0 Å². The minimum atomic E-state index is -0.971. The third-order valence-electron chi connectivity index (χ3n) is 4.72. The van der Waals surface area contributed by atoms with Crippen molar-refractivity contribution in [3.05, 3.63) is 35.4 Å². The van der Waals surface area contributed by atoms with E-state index >= 15 is 0 Å². The van der Waals surface area contributed by atoms with Crippen LogP contribution in [0.1, 0.15) is 44.5 Å². The van der Waals surface area contributed by atoms with Crippen molar-refractivity contribution in [3.8, 4) is 0 Å². The van der Waals surface area contributed by atoms with Crippen molar-refractivity contribution in [1.29, 1.82) is 0 Å². The number of rotatable bonds is 3. The van der Waals surface area contributed by atoms with Crippen molar-refractivity contribution >= 4 is 5.78 Å². The van der Waals surface area contributed by atoms with E-state index in [0.717, 1.165) is 25.1 Å². The summed E-state index contributed by atoms with van der Waals surface area (Å²) in [5.41, 5.74) is 0.236. The van der Waals surface area contributed by atoms with Crippen LogP contribution in [0.15, 0.2) is 18.2 Å². The molecule has 4 heteroatoms. The van der Waals surface area contributed by atoms with Crippen molar-refractivity contribution in [2.45, 2.75) is 46.2 Å². The van der Waals surface area contributed by atoms with E-state index in [1.54, 1.807) is 0 Å². The van der Waals surface area contributed by atoms with Gasteiger partial charge in [-0.25, -0.2) is 8.78 Å². The largest absolute Gasteiger partial charge is 0.292 e. The Morgan fingerprint density at radius 2 is 1.90 bits per heavy atom. The molecule has 0 bridgehead atoms. The number of hydrogen-bond donors (Lipinski definition) is 0. The summed E-state index contributed by atoms with van der Waals surface area (Å²) in [7, 11) is 0. The zero-order chi connectivity index (χ0) is 15.7. The van der Waals surface area contributed by atoms with Gasteiger partial charge in [0.25, 0.3) is 0 Å². The minimum Gasteiger partial charge on any atom is -0.292 e. The van der Waals surface area contributed by atoms with E-state index in [-0.39, 0.29) is 17.4 Å². The Hall–Kier alpha value is -1.29. The number of halogens is 2. The number of ketones is 1. The molecule has 1 fully saturated rings. The van der Waals surface area contributed by atoms with Gasteiger partial charge in [0.2, 0.25) is 0 Å². The molecule has 0 aliphatic carbocycles. The smallest absolute Gasteiger partial charge is 0.179 e. The van der Waals surface area contributed by atoms with Gasteiger partial charge >= 0.3 is 0 Å². The Morgan fingerprint density at radius 1 is 1.24 bits per heavy atom. The number of carbonyl (C=O) groups is 1. The fourth-order valence-electron chi connectivity index (χ4n) is 3.31. The standard InChI is InChI=1S/C17H23F2NO/c1-10-7-11(2)12(3)20(9-10)13(4)17(21)14-5-6-15(18)16(19)8-14/h5-6,8,10-13H,7,9H2,1-4H3. The molecule has 116 valence electrons. The predicted octanol–water partition coefficient (Wildman–Crippen LogP) is 3.90. The van der Waals surface area contributed by atoms with Crippen LogP contribution in [-0.4, -0.2) is 29.3 Å². The topological polar surface area (TPSA) is 20.3 Å². The second kappa shape index (κ2) is 6.22. The maximum absolute atomic E-state index is 13.3. The van der Waals surface area contributed by atoms with Crippen molar-refractivity contribution < 1.29 is 13.6 Å². The van der Waals surface area contributed by atoms with Crippen LogP contribution in [-0.2, 0) is 0 Å². The molecule has 4 atom stereocenters. The van der Waals surface area contributed by atoms with Gasteiger partial charge in [0.05, 0.1) is 6.04 Å². The summed E-state index contributed by atoms with van der Waals surface area (Å²) in [4.78, 5) is 14.7. The zero-order valence-corrected chi connectivity index (χ0v) is 13.1. The van der Waals surface area contributed by atoms with Crippen LogP contribution < -0.4 is 0 Å². The normalized spacial score (nSPS) is 28.4. The van der Waals surface area contributed by atoms with Crippen molar-refractivity contribution in [2.24, 2.45) is 11.8 Å². The van der Waals surface area contributed by atoms with Crippen LogP contribution in [0, 0.1) is 23.5 Å². The van der Waals surface area contributed by atoms with Crippen LogP contribution in [0.5, 0.6) is 0 Å². The maximum Gasteiger partial charge on any atom is 0.179 e. The van der Waals surface area contributed by atoms with E-state index in [2.05, 4.69) is 25.7 Å². The molecule has 2 nitrogen and oxygen atoms in total. The van der Waals surface area contributed by atoms with Gasteiger partial charge in [0.1, 0.15) is 0 Å². The lowest BCUT2D eigenvalue weighted by Crippen LogP contribution is -2.52. The third-order valence-corrected chi connectivity index (χ3v) is 4.72. The van der Waals surface area contributed by atoms with Gasteiger partial charge in [-0.05, 0) is 50.3 Å². The molecule has 0 saturated carbocycles. The number of hydrogen-bond acceptors (Lipinski definition) is 2.